The zero-order valence-corrected chi connectivity index (χ0v) is 17.6. The second kappa shape index (κ2) is 9.57. The number of alkyl halides is 3. The number of carbonyl (C=O) groups is 2. The first kappa shape index (κ1) is 22.9. The number of nitrogens with zero attached hydrogens (tertiary/aromatic N) is 2. The van der Waals surface area contributed by atoms with Gasteiger partial charge in [0.15, 0.2) is 5.17 Å². The zero-order valence-electron chi connectivity index (χ0n) is 16.0. The lowest BCUT2D eigenvalue weighted by atomic mass is 10.2. The van der Waals surface area contributed by atoms with Crippen LogP contribution in [0.25, 0.3) is 0 Å². The summed E-state index contributed by atoms with van der Waals surface area (Å²) in [7, 11) is 0. The highest BCUT2D eigenvalue weighted by Gasteiger charge is 2.39. The number of carbonyl (C=O) groups excluding carboxylic acids is 2. The van der Waals surface area contributed by atoms with Crippen molar-refractivity contribution in [2.45, 2.75) is 17.8 Å². The SMILES string of the molecule is C=CCN1C(=O)[C@@H](CC(=O)Nc2cc(C(F)(F)F)ccc2Cl)SC1=Nc1ccccc1. The molecule has 1 atom stereocenters. The molecule has 1 aliphatic heterocycles. The maximum Gasteiger partial charge on any atom is 0.416 e. The van der Waals surface area contributed by atoms with E-state index in [2.05, 4.69) is 16.9 Å². The van der Waals surface area contributed by atoms with Crippen LogP contribution in [0.15, 0.2) is 66.2 Å². The van der Waals surface area contributed by atoms with Gasteiger partial charge in [0, 0.05) is 13.0 Å². The van der Waals surface area contributed by atoms with Gasteiger partial charge in [0.2, 0.25) is 11.8 Å². The molecule has 0 unspecified atom stereocenters. The number of para-hydroxylation sites is 1. The minimum atomic E-state index is -4.57. The number of amides is 2. The number of hydrogen-bond donors (Lipinski definition) is 1. The predicted octanol–water partition coefficient (Wildman–Crippen LogP) is 5.51. The van der Waals surface area contributed by atoms with E-state index in [9.17, 15) is 22.8 Å². The number of thioether (sulfide) groups is 1. The Morgan fingerprint density at radius 1 is 1.26 bits per heavy atom. The molecule has 0 bridgehead atoms. The van der Waals surface area contributed by atoms with Gasteiger partial charge in [-0.1, -0.05) is 47.6 Å². The third-order valence-electron chi connectivity index (χ3n) is 4.25. The predicted molar refractivity (Wildman–Crippen MR) is 117 cm³/mol. The monoisotopic (exact) mass is 467 g/mol. The molecule has 0 aromatic heterocycles. The summed E-state index contributed by atoms with van der Waals surface area (Å²) < 4.78 is 38.8. The van der Waals surface area contributed by atoms with E-state index >= 15 is 0 Å². The summed E-state index contributed by atoms with van der Waals surface area (Å²) >= 11 is 7.04. The van der Waals surface area contributed by atoms with Crippen LogP contribution < -0.4 is 5.32 Å². The molecule has 2 aromatic carbocycles. The summed E-state index contributed by atoms with van der Waals surface area (Å²) in [6.07, 6.45) is -3.28. The Hall–Kier alpha value is -2.78. The van der Waals surface area contributed by atoms with Gasteiger partial charge in [-0.2, -0.15) is 13.2 Å². The van der Waals surface area contributed by atoms with Gasteiger partial charge in [-0.15, -0.1) is 6.58 Å². The lowest BCUT2D eigenvalue weighted by Crippen LogP contribution is -2.33. The Morgan fingerprint density at radius 3 is 2.61 bits per heavy atom. The molecule has 31 heavy (non-hydrogen) atoms. The van der Waals surface area contributed by atoms with E-state index in [4.69, 9.17) is 11.6 Å². The van der Waals surface area contributed by atoms with Crippen molar-refractivity contribution >= 4 is 51.7 Å². The van der Waals surface area contributed by atoms with Gasteiger partial charge in [-0.05, 0) is 30.3 Å². The summed E-state index contributed by atoms with van der Waals surface area (Å²) in [6.45, 7) is 3.85. The molecular weight excluding hydrogens is 451 g/mol. The summed E-state index contributed by atoms with van der Waals surface area (Å²) in [4.78, 5) is 31.1. The van der Waals surface area contributed by atoms with Crippen LogP contribution in [-0.2, 0) is 15.8 Å². The fourth-order valence-corrected chi connectivity index (χ4v) is 4.13. The molecule has 1 heterocycles. The molecule has 162 valence electrons. The normalized spacial score (nSPS) is 17.8. The molecule has 1 aliphatic rings. The van der Waals surface area contributed by atoms with E-state index in [0.717, 1.165) is 30.0 Å². The Bertz CT molecular complexity index is 1030. The summed E-state index contributed by atoms with van der Waals surface area (Å²) in [5, 5.41) is 1.98. The topological polar surface area (TPSA) is 61.8 Å². The first-order valence-electron chi connectivity index (χ1n) is 9.08. The van der Waals surface area contributed by atoms with E-state index in [1.54, 1.807) is 18.2 Å². The molecule has 0 aliphatic carbocycles. The second-order valence-corrected chi connectivity index (χ2v) is 8.10. The second-order valence-electron chi connectivity index (χ2n) is 6.52. The third kappa shape index (κ3) is 5.68. The average molecular weight is 468 g/mol. The van der Waals surface area contributed by atoms with Crippen molar-refractivity contribution in [1.82, 2.24) is 4.90 Å². The highest BCUT2D eigenvalue weighted by molar-refractivity contribution is 8.15. The number of amidine groups is 1. The molecular formula is C21H17ClF3N3O2S. The average Bonchev–Trinajstić information content (AvgIpc) is 2.98. The number of nitrogens with one attached hydrogen (secondary N) is 1. The fourth-order valence-electron chi connectivity index (χ4n) is 2.80. The number of aliphatic imine (C=N–C) groups is 1. The van der Waals surface area contributed by atoms with Crippen LogP contribution in [0.1, 0.15) is 12.0 Å². The van der Waals surface area contributed by atoms with E-state index in [0.29, 0.717) is 10.9 Å². The van der Waals surface area contributed by atoms with Crippen LogP contribution >= 0.6 is 23.4 Å². The first-order chi connectivity index (χ1) is 14.7. The smallest absolute Gasteiger partial charge is 0.325 e. The minimum absolute atomic E-state index is 0.0358. The van der Waals surface area contributed by atoms with Gasteiger partial charge in [0.1, 0.15) is 5.25 Å². The first-order valence-corrected chi connectivity index (χ1v) is 10.3. The summed E-state index contributed by atoms with van der Waals surface area (Å²) in [5.74, 6) is -0.962. The van der Waals surface area contributed by atoms with Crippen molar-refractivity contribution in [1.29, 1.82) is 0 Å². The molecule has 5 nitrogen and oxygen atoms in total. The lowest BCUT2D eigenvalue weighted by molar-refractivity contribution is -0.137. The molecule has 10 heteroatoms. The van der Waals surface area contributed by atoms with E-state index in [1.165, 1.54) is 4.90 Å². The van der Waals surface area contributed by atoms with Gasteiger partial charge in [0.05, 0.1) is 22.0 Å². The maximum absolute atomic E-state index is 12.9. The van der Waals surface area contributed by atoms with Crippen molar-refractivity contribution in [2.24, 2.45) is 4.99 Å². The van der Waals surface area contributed by atoms with Crippen LogP contribution in [0.5, 0.6) is 0 Å². The molecule has 3 rings (SSSR count). The molecule has 2 aromatic rings. The standard InChI is InChI=1S/C21H17ClF3N3O2S/c1-2-10-28-19(30)17(31-20(28)26-14-6-4-3-5-7-14)12-18(29)27-16-11-13(21(23,24)25)8-9-15(16)22/h2-9,11,17H,1,10,12H2,(H,27,29)/t17-/m1/s1. The number of halogens is 4. The van der Waals surface area contributed by atoms with Crippen molar-refractivity contribution in [3.8, 4) is 0 Å². The molecule has 1 N–H and O–H groups in total. The van der Waals surface area contributed by atoms with Crippen LogP contribution in [0.2, 0.25) is 5.02 Å². The lowest BCUT2D eigenvalue weighted by Gasteiger charge is -2.14. The van der Waals surface area contributed by atoms with Crippen molar-refractivity contribution in [3.63, 3.8) is 0 Å². The largest absolute Gasteiger partial charge is 0.416 e. The molecule has 0 spiro atoms. The van der Waals surface area contributed by atoms with Crippen molar-refractivity contribution < 1.29 is 22.8 Å². The molecule has 1 fully saturated rings. The quantitative estimate of drug-likeness (QED) is 0.570. The van der Waals surface area contributed by atoms with Gasteiger partial charge in [-0.3, -0.25) is 14.5 Å². The third-order valence-corrected chi connectivity index (χ3v) is 5.76. The number of anilines is 1. The minimum Gasteiger partial charge on any atom is -0.325 e. The number of rotatable bonds is 6. The number of hydrogen-bond acceptors (Lipinski definition) is 4. The summed E-state index contributed by atoms with van der Waals surface area (Å²) in [6, 6.07) is 11.7. The summed E-state index contributed by atoms with van der Waals surface area (Å²) in [5.41, 5.74) is -0.460. The fraction of sp³-hybridized carbons (Fsp3) is 0.190. The number of benzene rings is 2. The van der Waals surface area contributed by atoms with Crippen LogP contribution in [0.3, 0.4) is 0 Å². The molecule has 1 saturated heterocycles. The van der Waals surface area contributed by atoms with Crippen LogP contribution in [0.4, 0.5) is 24.5 Å². The van der Waals surface area contributed by atoms with E-state index < -0.39 is 22.9 Å². The Labute approximate surface area is 186 Å². The van der Waals surface area contributed by atoms with Crippen LogP contribution in [0, 0.1) is 0 Å². The molecule has 0 saturated carbocycles. The van der Waals surface area contributed by atoms with Crippen LogP contribution in [-0.4, -0.2) is 33.7 Å². The highest BCUT2D eigenvalue weighted by atomic mass is 35.5. The van der Waals surface area contributed by atoms with Gasteiger partial charge < -0.3 is 5.32 Å². The Kier molecular flexibility index (Phi) is 7.07. The van der Waals surface area contributed by atoms with E-state index in [-0.39, 0.29) is 29.6 Å². The van der Waals surface area contributed by atoms with E-state index in [1.807, 2.05) is 18.2 Å². The molecule has 0 radical (unpaired) electrons. The van der Waals surface area contributed by atoms with Gasteiger partial charge in [-0.25, -0.2) is 4.99 Å². The Morgan fingerprint density at radius 2 is 1.97 bits per heavy atom. The Balaban J connectivity index is 1.75. The molecule has 2 amide bonds. The van der Waals surface area contributed by atoms with Gasteiger partial charge in [0.25, 0.3) is 0 Å². The van der Waals surface area contributed by atoms with Crippen molar-refractivity contribution in [3.05, 3.63) is 71.8 Å². The highest BCUT2D eigenvalue weighted by Crippen LogP contribution is 2.35. The van der Waals surface area contributed by atoms with Crippen molar-refractivity contribution in [2.75, 3.05) is 11.9 Å². The maximum atomic E-state index is 12.9. The van der Waals surface area contributed by atoms with Gasteiger partial charge >= 0.3 is 6.18 Å². The zero-order chi connectivity index (χ0) is 22.6.